The SMILES string of the molecule is CCCOc1ccc(C(C)NC(=O)CS(=O)(=O)Nc2ccc(OC(C)C)cc2)cc1OC. The van der Waals surface area contributed by atoms with Gasteiger partial charge in [0.2, 0.25) is 15.9 Å². The highest BCUT2D eigenvalue weighted by Crippen LogP contribution is 2.30. The summed E-state index contributed by atoms with van der Waals surface area (Å²) in [5.41, 5.74) is 1.12. The first-order chi connectivity index (χ1) is 15.1. The lowest BCUT2D eigenvalue weighted by atomic mass is 10.1. The Bertz CT molecular complexity index is 990. The fourth-order valence-electron chi connectivity index (χ4n) is 2.91. The van der Waals surface area contributed by atoms with Crippen molar-refractivity contribution in [3.8, 4) is 17.2 Å². The van der Waals surface area contributed by atoms with E-state index in [0.29, 0.717) is 29.5 Å². The van der Waals surface area contributed by atoms with Crippen LogP contribution in [0.2, 0.25) is 0 Å². The molecule has 8 nitrogen and oxygen atoms in total. The van der Waals surface area contributed by atoms with Crippen molar-refractivity contribution in [1.82, 2.24) is 5.32 Å². The van der Waals surface area contributed by atoms with E-state index in [1.54, 1.807) is 50.4 Å². The Kier molecular flexibility index (Phi) is 9.19. The minimum atomic E-state index is -3.87. The molecule has 1 amide bonds. The maximum atomic E-state index is 12.4. The summed E-state index contributed by atoms with van der Waals surface area (Å²) in [6.07, 6.45) is 0.888. The number of carbonyl (C=O) groups is 1. The Morgan fingerprint density at radius 2 is 1.72 bits per heavy atom. The number of rotatable bonds is 12. The van der Waals surface area contributed by atoms with E-state index in [0.717, 1.165) is 12.0 Å². The second-order valence-electron chi connectivity index (χ2n) is 7.60. The van der Waals surface area contributed by atoms with E-state index in [2.05, 4.69) is 10.0 Å². The smallest absolute Gasteiger partial charge is 0.241 e. The lowest BCUT2D eigenvalue weighted by Crippen LogP contribution is -2.34. The van der Waals surface area contributed by atoms with Gasteiger partial charge in [-0.3, -0.25) is 9.52 Å². The zero-order chi connectivity index (χ0) is 23.7. The zero-order valence-electron chi connectivity index (χ0n) is 19.2. The van der Waals surface area contributed by atoms with Gasteiger partial charge in [-0.05, 0) is 69.2 Å². The molecule has 2 N–H and O–H groups in total. The second-order valence-corrected chi connectivity index (χ2v) is 9.32. The van der Waals surface area contributed by atoms with Gasteiger partial charge in [0.05, 0.1) is 25.9 Å². The molecule has 176 valence electrons. The van der Waals surface area contributed by atoms with Crippen LogP contribution in [0, 0.1) is 0 Å². The topological polar surface area (TPSA) is 103 Å². The Labute approximate surface area is 190 Å². The molecule has 0 aliphatic rings. The van der Waals surface area contributed by atoms with Crippen molar-refractivity contribution in [3.05, 3.63) is 48.0 Å². The minimum absolute atomic E-state index is 0.0169. The van der Waals surface area contributed by atoms with Crippen molar-refractivity contribution in [3.63, 3.8) is 0 Å². The van der Waals surface area contributed by atoms with E-state index in [9.17, 15) is 13.2 Å². The van der Waals surface area contributed by atoms with Gasteiger partial charge in [-0.2, -0.15) is 0 Å². The first kappa shape index (κ1) is 25.3. The fraction of sp³-hybridized carbons (Fsp3) is 0.435. The van der Waals surface area contributed by atoms with Crippen LogP contribution in [0.5, 0.6) is 17.2 Å². The molecule has 2 rings (SSSR count). The van der Waals surface area contributed by atoms with Gasteiger partial charge >= 0.3 is 0 Å². The van der Waals surface area contributed by atoms with Crippen LogP contribution >= 0.6 is 0 Å². The number of benzene rings is 2. The molecular formula is C23H32N2O6S. The van der Waals surface area contributed by atoms with Crippen LogP contribution in [-0.4, -0.2) is 39.9 Å². The van der Waals surface area contributed by atoms with Gasteiger partial charge in [0, 0.05) is 5.69 Å². The molecule has 0 fully saturated rings. The van der Waals surface area contributed by atoms with Crippen molar-refractivity contribution in [2.24, 2.45) is 0 Å². The number of carbonyl (C=O) groups excluding carboxylic acids is 1. The van der Waals surface area contributed by atoms with Crippen LogP contribution in [0.4, 0.5) is 5.69 Å². The summed E-state index contributed by atoms with van der Waals surface area (Å²) >= 11 is 0. The van der Waals surface area contributed by atoms with Crippen LogP contribution in [-0.2, 0) is 14.8 Å². The highest BCUT2D eigenvalue weighted by atomic mass is 32.2. The molecule has 2 aromatic carbocycles. The Morgan fingerprint density at radius 1 is 1.03 bits per heavy atom. The van der Waals surface area contributed by atoms with Gasteiger partial charge in [0.15, 0.2) is 11.5 Å². The third kappa shape index (κ3) is 7.96. The first-order valence-electron chi connectivity index (χ1n) is 10.5. The van der Waals surface area contributed by atoms with E-state index in [4.69, 9.17) is 14.2 Å². The quantitative estimate of drug-likeness (QED) is 0.494. The molecule has 0 saturated carbocycles. The molecule has 32 heavy (non-hydrogen) atoms. The van der Waals surface area contributed by atoms with Crippen molar-refractivity contribution < 1.29 is 27.4 Å². The van der Waals surface area contributed by atoms with E-state index in [1.807, 2.05) is 26.8 Å². The Morgan fingerprint density at radius 3 is 2.31 bits per heavy atom. The van der Waals surface area contributed by atoms with E-state index >= 15 is 0 Å². The standard InChI is InChI=1S/C23H32N2O6S/c1-6-13-30-21-12-7-18(14-22(21)29-5)17(4)24-23(26)15-32(27,28)25-19-8-10-20(11-9-19)31-16(2)3/h7-12,14,16-17,25H,6,13,15H2,1-5H3,(H,24,26). The lowest BCUT2D eigenvalue weighted by Gasteiger charge is -2.17. The summed E-state index contributed by atoms with van der Waals surface area (Å²) < 4.78 is 43.7. The first-order valence-corrected chi connectivity index (χ1v) is 12.2. The third-order valence-corrected chi connectivity index (χ3v) is 5.54. The predicted molar refractivity (Wildman–Crippen MR) is 125 cm³/mol. The number of hydrogen-bond donors (Lipinski definition) is 2. The number of amides is 1. The molecule has 1 atom stereocenters. The summed E-state index contributed by atoms with van der Waals surface area (Å²) in [6.45, 7) is 8.16. The number of sulfonamides is 1. The maximum Gasteiger partial charge on any atom is 0.241 e. The van der Waals surface area contributed by atoms with Gasteiger partial charge in [-0.1, -0.05) is 13.0 Å². The average molecular weight is 465 g/mol. The highest BCUT2D eigenvalue weighted by Gasteiger charge is 2.19. The van der Waals surface area contributed by atoms with E-state index in [1.165, 1.54) is 0 Å². The lowest BCUT2D eigenvalue weighted by molar-refractivity contribution is -0.119. The van der Waals surface area contributed by atoms with E-state index in [-0.39, 0.29) is 6.10 Å². The summed E-state index contributed by atoms with van der Waals surface area (Å²) in [7, 11) is -2.33. The molecule has 0 aromatic heterocycles. The zero-order valence-corrected chi connectivity index (χ0v) is 20.0. The molecule has 0 spiro atoms. The molecule has 9 heteroatoms. The average Bonchev–Trinajstić information content (AvgIpc) is 2.72. The number of anilines is 1. The Balaban J connectivity index is 1.97. The molecule has 0 aliphatic carbocycles. The van der Waals surface area contributed by atoms with Crippen molar-refractivity contribution >= 4 is 21.6 Å². The van der Waals surface area contributed by atoms with Crippen molar-refractivity contribution in [2.75, 3.05) is 24.2 Å². The summed E-state index contributed by atoms with van der Waals surface area (Å²) in [5.74, 6) is 0.492. The number of ether oxygens (including phenoxy) is 3. The van der Waals surface area contributed by atoms with Gasteiger partial charge in [-0.15, -0.1) is 0 Å². The summed E-state index contributed by atoms with van der Waals surface area (Å²) in [4.78, 5) is 12.4. The van der Waals surface area contributed by atoms with Crippen molar-refractivity contribution in [2.45, 2.75) is 46.3 Å². The second kappa shape index (κ2) is 11.6. The molecule has 0 aliphatic heterocycles. The van der Waals surface area contributed by atoms with Gasteiger partial charge in [0.25, 0.3) is 0 Å². The van der Waals surface area contributed by atoms with Gasteiger partial charge < -0.3 is 19.5 Å². The van der Waals surface area contributed by atoms with E-state index < -0.39 is 27.7 Å². The Hall–Kier alpha value is -2.94. The maximum absolute atomic E-state index is 12.4. The van der Waals surface area contributed by atoms with Gasteiger partial charge in [0.1, 0.15) is 11.5 Å². The fourth-order valence-corrected chi connectivity index (χ4v) is 3.91. The monoisotopic (exact) mass is 464 g/mol. The molecule has 0 heterocycles. The van der Waals surface area contributed by atoms with Crippen LogP contribution < -0.4 is 24.2 Å². The molecule has 0 radical (unpaired) electrons. The number of methoxy groups -OCH3 is 1. The molecular weight excluding hydrogens is 432 g/mol. The third-order valence-electron chi connectivity index (χ3n) is 4.35. The van der Waals surface area contributed by atoms with Crippen LogP contribution in [0.3, 0.4) is 0 Å². The normalized spacial score (nSPS) is 12.2. The molecule has 0 bridgehead atoms. The molecule has 0 saturated heterocycles. The molecule has 1 unspecified atom stereocenters. The van der Waals surface area contributed by atoms with Crippen molar-refractivity contribution in [1.29, 1.82) is 0 Å². The minimum Gasteiger partial charge on any atom is -0.493 e. The van der Waals surface area contributed by atoms with Crippen LogP contribution in [0.15, 0.2) is 42.5 Å². The van der Waals surface area contributed by atoms with Gasteiger partial charge in [-0.25, -0.2) is 8.42 Å². The van der Waals surface area contributed by atoms with Crippen LogP contribution in [0.1, 0.15) is 45.7 Å². The summed E-state index contributed by atoms with van der Waals surface area (Å²) in [6, 6.07) is 11.4. The highest BCUT2D eigenvalue weighted by molar-refractivity contribution is 7.93. The predicted octanol–water partition coefficient (Wildman–Crippen LogP) is 3.89. The number of hydrogen-bond acceptors (Lipinski definition) is 6. The molecule has 2 aromatic rings. The number of nitrogens with one attached hydrogen (secondary N) is 2. The summed E-state index contributed by atoms with van der Waals surface area (Å²) in [5, 5.41) is 2.71. The van der Waals surface area contributed by atoms with Crippen LogP contribution in [0.25, 0.3) is 0 Å². The largest absolute Gasteiger partial charge is 0.493 e.